The van der Waals surface area contributed by atoms with Crippen molar-refractivity contribution in [1.29, 1.82) is 0 Å². The van der Waals surface area contributed by atoms with Gasteiger partial charge in [-0.25, -0.2) is 19.0 Å². The van der Waals surface area contributed by atoms with Crippen LogP contribution in [0, 0.1) is 18.7 Å². The zero-order valence-electron chi connectivity index (χ0n) is 74.0. The lowest BCUT2D eigenvalue weighted by Gasteiger charge is -2.31. The Labute approximate surface area is 737 Å². The van der Waals surface area contributed by atoms with E-state index < -0.39 is 124 Å². The molecule has 38 nitrogen and oxygen atoms in total. The van der Waals surface area contributed by atoms with Gasteiger partial charge in [0.2, 0.25) is 41.4 Å². The maximum Gasteiger partial charge on any atom is 0.407 e. The molecule has 1 aliphatic carbocycles. The fourth-order valence-electron chi connectivity index (χ4n) is 14.3. The number of cyclic esters (lactones) is 1. The average molecular weight is 1790 g/mol. The van der Waals surface area contributed by atoms with E-state index in [4.69, 9.17) is 66.6 Å². The SMILES string of the molecule is CC[C@@]1(O)C(=O)OCc2c1cc1n(c2=O)Cc2c-1nc1cc(F)c(C)c3c1c2[C@@H](NC(=O)OCc1ccc(NC(=O)[C@H](C)NC(=O)[C@@H](NC(=O)[C@H](CCC(=O)OC(C)(C)C)NC(=O)CCCNC(=O)[C@H](CCCCNC(=O)COCCOCCOCCOCCOCCOCCOCCOCCOCCOC)NC(=O)CCCN2C(=O)C=CC2=O)C(C)C)cc1)CC3. The number of pyridine rings is 2. The number of aliphatic hydroxyl groups is 1. The highest BCUT2D eigenvalue weighted by Gasteiger charge is 2.46. The van der Waals surface area contributed by atoms with Crippen LogP contribution < -0.4 is 48.1 Å². The smallest absolute Gasteiger partial charge is 0.407 e. The summed E-state index contributed by atoms with van der Waals surface area (Å²) in [4.78, 5) is 179. The molecule has 0 saturated carbocycles. The fraction of sp³-hybridized carbons (Fsp3) is 0.614. The molecule has 10 amide bonds. The van der Waals surface area contributed by atoms with Crippen molar-refractivity contribution >= 4 is 87.8 Å². The summed E-state index contributed by atoms with van der Waals surface area (Å²) in [6.45, 7) is 19.7. The molecule has 0 fully saturated rings. The number of nitrogens with one attached hydrogen (secondary N) is 8. The number of unbranched alkanes of at least 4 members (excludes halogenated alkanes) is 1. The molecule has 0 radical (unpaired) electrons. The minimum Gasteiger partial charge on any atom is -0.460 e. The molecule has 127 heavy (non-hydrogen) atoms. The van der Waals surface area contributed by atoms with Gasteiger partial charge in [0.05, 0.1) is 154 Å². The van der Waals surface area contributed by atoms with E-state index in [1.165, 1.54) is 17.6 Å². The van der Waals surface area contributed by atoms with Crippen LogP contribution in [0.4, 0.5) is 14.9 Å². The molecule has 0 spiro atoms. The standard InChI is InChI=1S/C88H124FN11O27/c1-10-88(114)63-49-69-79-61(51-100(69)84(111)62(63)53-125-85(88)112)77-65(23-22-60-56(4)64(89)50-68(96-79)76(60)77)97-86(113)126-52-58-18-20-59(21-19-58)93-80(107)57(5)92-83(110)78(55(2)3)98-82(109)67(24-27-75(106)127-87(6,7)8)95-70(101)16-13-29-91-81(108)66(94-71(102)17-14-30-99-73(104)25-26-74(99)105)15-11-12-28-90-72(103)54-124-48-47-123-46-45-122-44-43-121-42-41-120-40-39-119-38-37-118-36-35-117-34-33-116-32-31-115-9/h18-21,25-26,49-50,55,57,65-67,78,114H,10-17,22-24,27-48,51-54H2,1-9H3,(H,90,103)(H,91,108)(H,92,110)(H,93,107)(H,94,102)(H,95,101)(H,97,113)(H,98,109)/t57-,65-,66-,67-,78-,88-/m0/s1. The largest absolute Gasteiger partial charge is 0.460 e. The number of amides is 10. The number of hydrogen-bond acceptors (Lipinski definition) is 28. The minimum absolute atomic E-state index is 0.0238. The number of rotatable bonds is 59. The molecule has 0 unspecified atom stereocenters. The van der Waals surface area contributed by atoms with Crippen molar-refractivity contribution in [2.45, 2.75) is 194 Å². The molecule has 2 aromatic carbocycles. The number of halogens is 1. The number of imide groups is 1. The van der Waals surface area contributed by atoms with Crippen molar-refractivity contribution in [3.05, 3.63) is 104 Å². The number of carbonyl (C=O) groups excluding carboxylic acids is 12. The second-order valence-corrected chi connectivity index (χ2v) is 32.1. The van der Waals surface area contributed by atoms with Crippen LogP contribution in [0.15, 0.2) is 53.3 Å². The summed E-state index contributed by atoms with van der Waals surface area (Å²) in [5.41, 5.74) is 0.993. The number of fused-ring (bicyclic) bond motifs is 5. The predicted molar refractivity (Wildman–Crippen MR) is 455 cm³/mol. The average Bonchev–Trinajstić information content (AvgIpc) is 1.58. The van der Waals surface area contributed by atoms with Gasteiger partial charge in [-0.15, -0.1) is 0 Å². The molecule has 5 heterocycles. The van der Waals surface area contributed by atoms with Gasteiger partial charge < -0.3 is 114 Å². The molecule has 2 aromatic heterocycles. The Bertz CT molecular complexity index is 4480. The van der Waals surface area contributed by atoms with Crippen molar-refractivity contribution in [1.82, 2.24) is 51.7 Å². The van der Waals surface area contributed by atoms with E-state index >= 15 is 4.39 Å². The predicted octanol–water partition coefficient (Wildman–Crippen LogP) is 3.80. The van der Waals surface area contributed by atoms with Gasteiger partial charge in [-0.2, -0.15) is 0 Å². The summed E-state index contributed by atoms with van der Waals surface area (Å²) >= 11 is 0. The third kappa shape index (κ3) is 32.1. The highest BCUT2D eigenvalue weighted by Crippen LogP contribution is 2.46. The third-order valence-corrected chi connectivity index (χ3v) is 21.1. The topological polar surface area (TPSA) is 479 Å². The number of carbonyl (C=O) groups is 12. The molecule has 4 aromatic rings. The first-order chi connectivity index (χ1) is 60.9. The summed E-state index contributed by atoms with van der Waals surface area (Å²) in [6, 6.07) is 3.65. The molecule has 0 saturated heterocycles. The van der Waals surface area contributed by atoms with Gasteiger partial charge in [-0.3, -0.25) is 57.6 Å². The lowest BCUT2D eigenvalue weighted by Crippen LogP contribution is -2.57. The second kappa shape index (κ2) is 52.2. The molecule has 9 N–H and O–H groups in total. The zero-order valence-corrected chi connectivity index (χ0v) is 74.0. The molecule has 4 aliphatic rings. The van der Waals surface area contributed by atoms with Gasteiger partial charge >= 0.3 is 18.0 Å². The van der Waals surface area contributed by atoms with Crippen molar-refractivity contribution in [3.8, 4) is 11.4 Å². The van der Waals surface area contributed by atoms with Gasteiger partial charge in [0.15, 0.2) is 5.60 Å². The highest BCUT2D eigenvalue weighted by atomic mass is 19.1. The van der Waals surface area contributed by atoms with Gasteiger partial charge in [0, 0.05) is 86.4 Å². The number of hydrogen-bond donors (Lipinski definition) is 9. The van der Waals surface area contributed by atoms with Crippen LogP contribution in [0.25, 0.3) is 22.3 Å². The molecule has 3 aliphatic heterocycles. The normalized spacial score (nSPS) is 15.9. The second-order valence-electron chi connectivity index (χ2n) is 32.1. The maximum atomic E-state index is 15.6. The van der Waals surface area contributed by atoms with Crippen LogP contribution in [0.2, 0.25) is 0 Å². The zero-order chi connectivity index (χ0) is 92.0. The molecular formula is C88H124FN11O27. The van der Waals surface area contributed by atoms with Gasteiger partial charge in [0.25, 0.3) is 17.4 Å². The summed E-state index contributed by atoms with van der Waals surface area (Å²) in [5, 5.41) is 34.0. The Balaban J connectivity index is 0.731. The summed E-state index contributed by atoms with van der Waals surface area (Å²) < 4.78 is 87.6. The number of esters is 2. The lowest BCUT2D eigenvalue weighted by atomic mass is 9.81. The van der Waals surface area contributed by atoms with E-state index in [1.807, 2.05) is 0 Å². The van der Waals surface area contributed by atoms with Crippen molar-refractivity contribution in [3.63, 3.8) is 0 Å². The summed E-state index contributed by atoms with van der Waals surface area (Å²) in [5.74, 6) is -7.98. The van der Waals surface area contributed by atoms with Crippen LogP contribution in [-0.4, -0.2) is 273 Å². The van der Waals surface area contributed by atoms with E-state index in [9.17, 15) is 67.4 Å². The van der Waals surface area contributed by atoms with Crippen LogP contribution >= 0.6 is 0 Å². The molecular weight excluding hydrogens is 1660 g/mol. The highest BCUT2D eigenvalue weighted by molar-refractivity contribution is 6.13. The van der Waals surface area contributed by atoms with Crippen LogP contribution in [0.5, 0.6) is 0 Å². The minimum atomic E-state index is -2.07. The van der Waals surface area contributed by atoms with Gasteiger partial charge in [-0.1, -0.05) is 32.9 Å². The number of methoxy groups -OCH3 is 1. The number of benzene rings is 2. The first kappa shape index (κ1) is 102. The van der Waals surface area contributed by atoms with E-state index in [-0.39, 0.29) is 128 Å². The Morgan fingerprint density at radius 3 is 1.76 bits per heavy atom. The first-order valence-electron chi connectivity index (χ1n) is 43.2. The lowest BCUT2D eigenvalue weighted by molar-refractivity contribution is -0.172. The van der Waals surface area contributed by atoms with E-state index in [0.29, 0.717) is 187 Å². The first-order valence-corrected chi connectivity index (χ1v) is 43.2. The maximum absolute atomic E-state index is 15.6. The quantitative estimate of drug-likeness (QED) is 0.0116. The number of anilines is 1. The Hall–Kier alpha value is -10.3. The van der Waals surface area contributed by atoms with Gasteiger partial charge in [0.1, 0.15) is 55.4 Å². The number of nitrogens with zero attached hydrogens (tertiary/aromatic N) is 3. The van der Waals surface area contributed by atoms with Crippen molar-refractivity contribution in [2.75, 3.05) is 158 Å². The summed E-state index contributed by atoms with van der Waals surface area (Å²) in [6.07, 6.45) is 2.25. The molecule has 6 atom stereocenters. The third-order valence-electron chi connectivity index (χ3n) is 21.1. The van der Waals surface area contributed by atoms with Crippen molar-refractivity contribution in [2.24, 2.45) is 5.92 Å². The number of ether oxygens (including phenoxy) is 13. The van der Waals surface area contributed by atoms with E-state index in [2.05, 4.69) is 42.5 Å². The van der Waals surface area contributed by atoms with Crippen LogP contribution in [-0.2, 0) is 146 Å². The van der Waals surface area contributed by atoms with E-state index in [0.717, 1.165) is 17.1 Å². The van der Waals surface area contributed by atoms with Crippen LogP contribution in [0.3, 0.4) is 0 Å². The number of aromatic nitrogens is 2. The Morgan fingerprint density at radius 2 is 1.19 bits per heavy atom. The van der Waals surface area contributed by atoms with Gasteiger partial charge in [-0.05, 0) is 139 Å². The Kier molecular flexibility index (Phi) is 42.0. The van der Waals surface area contributed by atoms with Crippen molar-refractivity contribution < 1.29 is 129 Å². The molecule has 700 valence electrons. The van der Waals surface area contributed by atoms with E-state index in [1.54, 1.807) is 85.9 Å². The summed E-state index contributed by atoms with van der Waals surface area (Å²) in [7, 11) is 1.62. The number of aryl methyl sites for hydroxylation is 1. The fourth-order valence-corrected chi connectivity index (χ4v) is 14.3. The molecule has 39 heteroatoms. The molecule has 8 rings (SSSR count). The monoisotopic (exact) mass is 1790 g/mol. The number of alkyl carbamates (subject to hydrolysis) is 1. The Morgan fingerprint density at radius 1 is 0.630 bits per heavy atom. The van der Waals surface area contributed by atoms with Crippen LogP contribution in [0.1, 0.15) is 164 Å². The molecule has 0 bridgehead atoms.